The fourth-order valence-corrected chi connectivity index (χ4v) is 1.99. The van der Waals surface area contributed by atoms with Gasteiger partial charge in [0.15, 0.2) is 11.6 Å². The number of benzene rings is 1. The van der Waals surface area contributed by atoms with Gasteiger partial charge in [0.1, 0.15) is 0 Å². The maximum atomic E-state index is 13.8. The van der Waals surface area contributed by atoms with Crippen molar-refractivity contribution in [2.24, 2.45) is 0 Å². The molecule has 1 heterocycles. The number of hydrogen-bond acceptors (Lipinski definition) is 3. The standard InChI is InChI=1S/C12H13F2NO3/c1-7-6-15(4-5-18-7)9-3-2-8(12(16)17)10(13)11(9)14/h2-3,7H,4-6H2,1H3,(H,16,17). The molecule has 1 aromatic rings. The van der Waals surface area contributed by atoms with Gasteiger partial charge in [0, 0.05) is 13.1 Å². The molecule has 1 unspecified atom stereocenters. The Labute approximate surface area is 103 Å². The molecule has 0 bridgehead atoms. The summed E-state index contributed by atoms with van der Waals surface area (Å²) in [4.78, 5) is 12.3. The molecule has 1 atom stereocenters. The van der Waals surface area contributed by atoms with Crippen LogP contribution in [0.2, 0.25) is 0 Å². The second-order valence-electron chi connectivity index (χ2n) is 4.19. The summed E-state index contributed by atoms with van der Waals surface area (Å²) >= 11 is 0. The molecule has 1 saturated heterocycles. The first-order valence-electron chi connectivity index (χ1n) is 5.58. The van der Waals surface area contributed by atoms with E-state index in [0.717, 1.165) is 6.07 Å². The van der Waals surface area contributed by atoms with E-state index in [0.29, 0.717) is 19.7 Å². The lowest BCUT2D eigenvalue weighted by atomic mass is 10.1. The molecule has 0 spiro atoms. The van der Waals surface area contributed by atoms with Gasteiger partial charge >= 0.3 is 5.97 Å². The van der Waals surface area contributed by atoms with Crippen molar-refractivity contribution in [1.82, 2.24) is 0 Å². The van der Waals surface area contributed by atoms with Gasteiger partial charge in [0.2, 0.25) is 0 Å². The zero-order valence-corrected chi connectivity index (χ0v) is 9.82. The summed E-state index contributed by atoms with van der Waals surface area (Å²) in [5.41, 5.74) is -0.579. The molecule has 2 rings (SSSR count). The Morgan fingerprint density at radius 1 is 1.44 bits per heavy atom. The van der Waals surface area contributed by atoms with Crippen molar-refractivity contribution in [3.05, 3.63) is 29.3 Å². The van der Waals surface area contributed by atoms with Crippen LogP contribution in [-0.2, 0) is 4.74 Å². The van der Waals surface area contributed by atoms with Crippen molar-refractivity contribution in [3.63, 3.8) is 0 Å². The highest BCUT2D eigenvalue weighted by atomic mass is 19.2. The average molecular weight is 257 g/mol. The summed E-state index contributed by atoms with van der Waals surface area (Å²) < 4.78 is 32.7. The lowest BCUT2D eigenvalue weighted by molar-refractivity contribution is 0.0529. The van der Waals surface area contributed by atoms with Gasteiger partial charge in [-0.3, -0.25) is 0 Å². The Hall–Kier alpha value is -1.69. The number of nitrogens with zero attached hydrogens (tertiary/aromatic N) is 1. The van der Waals surface area contributed by atoms with Crippen LogP contribution < -0.4 is 4.90 Å². The third kappa shape index (κ3) is 2.28. The van der Waals surface area contributed by atoms with E-state index in [1.165, 1.54) is 6.07 Å². The van der Waals surface area contributed by atoms with E-state index in [9.17, 15) is 13.6 Å². The molecule has 1 aliphatic heterocycles. The number of hydrogen-bond donors (Lipinski definition) is 1. The predicted octanol–water partition coefficient (Wildman–Crippen LogP) is 1.89. The minimum absolute atomic E-state index is 0.0691. The van der Waals surface area contributed by atoms with Crippen molar-refractivity contribution in [2.45, 2.75) is 13.0 Å². The SMILES string of the molecule is CC1CN(c2ccc(C(=O)O)c(F)c2F)CCO1. The summed E-state index contributed by atoms with van der Waals surface area (Å²) in [5.74, 6) is -3.92. The zero-order chi connectivity index (χ0) is 13.3. The topological polar surface area (TPSA) is 49.8 Å². The fourth-order valence-electron chi connectivity index (χ4n) is 1.99. The zero-order valence-electron chi connectivity index (χ0n) is 9.82. The predicted molar refractivity (Wildman–Crippen MR) is 60.9 cm³/mol. The molecule has 1 aromatic carbocycles. The van der Waals surface area contributed by atoms with E-state index in [1.807, 2.05) is 6.92 Å². The maximum absolute atomic E-state index is 13.8. The third-order valence-corrected chi connectivity index (χ3v) is 2.87. The second kappa shape index (κ2) is 4.89. The van der Waals surface area contributed by atoms with E-state index in [1.54, 1.807) is 4.90 Å². The van der Waals surface area contributed by atoms with Gasteiger partial charge in [0.05, 0.1) is 24.0 Å². The number of carboxylic acids is 1. The molecule has 1 N–H and O–H groups in total. The van der Waals surface area contributed by atoms with Gasteiger partial charge in [0.25, 0.3) is 0 Å². The Bertz CT molecular complexity index is 479. The molecule has 98 valence electrons. The van der Waals surface area contributed by atoms with Crippen LogP contribution in [0.5, 0.6) is 0 Å². The molecule has 4 nitrogen and oxygen atoms in total. The van der Waals surface area contributed by atoms with Crippen LogP contribution in [0.4, 0.5) is 14.5 Å². The van der Waals surface area contributed by atoms with Crippen molar-refractivity contribution >= 4 is 11.7 Å². The highest BCUT2D eigenvalue weighted by Crippen LogP contribution is 2.25. The number of ether oxygens (including phenoxy) is 1. The van der Waals surface area contributed by atoms with Crippen molar-refractivity contribution in [3.8, 4) is 0 Å². The molecular formula is C12H13F2NO3. The number of carboxylic acid groups (broad SMARTS) is 1. The van der Waals surface area contributed by atoms with Gasteiger partial charge in [-0.25, -0.2) is 13.6 Å². The number of morpholine rings is 1. The highest BCUT2D eigenvalue weighted by Gasteiger charge is 2.24. The quantitative estimate of drug-likeness (QED) is 0.879. The van der Waals surface area contributed by atoms with Crippen LogP contribution in [-0.4, -0.2) is 36.9 Å². The normalized spacial score (nSPS) is 19.9. The minimum Gasteiger partial charge on any atom is -0.478 e. The van der Waals surface area contributed by atoms with Crippen LogP contribution in [0.15, 0.2) is 12.1 Å². The van der Waals surface area contributed by atoms with Gasteiger partial charge < -0.3 is 14.7 Å². The lowest BCUT2D eigenvalue weighted by Gasteiger charge is -2.33. The van der Waals surface area contributed by atoms with E-state index >= 15 is 0 Å². The molecule has 18 heavy (non-hydrogen) atoms. The molecular weight excluding hydrogens is 244 g/mol. The lowest BCUT2D eigenvalue weighted by Crippen LogP contribution is -2.41. The van der Waals surface area contributed by atoms with Crippen LogP contribution >= 0.6 is 0 Å². The number of halogens is 2. The molecule has 0 aromatic heterocycles. The number of aromatic carboxylic acids is 1. The molecule has 0 amide bonds. The number of carbonyl (C=O) groups is 1. The van der Waals surface area contributed by atoms with Gasteiger partial charge in [-0.15, -0.1) is 0 Å². The van der Waals surface area contributed by atoms with E-state index in [2.05, 4.69) is 0 Å². The minimum atomic E-state index is -1.48. The smallest absolute Gasteiger partial charge is 0.338 e. The van der Waals surface area contributed by atoms with Crippen LogP contribution in [0.3, 0.4) is 0 Å². The molecule has 1 aliphatic rings. The van der Waals surface area contributed by atoms with Gasteiger partial charge in [-0.1, -0.05) is 0 Å². The second-order valence-corrected chi connectivity index (χ2v) is 4.19. The first kappa shape index (κ1) is 12.8. The summed E-state index contributed by atoms with van der Waals surface area (Å²) in [6, 6.07) is 2.37. The summed E-state index contributed by atoms with van der Waals surface area (Å²) in [7, 11) is 0. The first-order valence-corrected chi connectivity index (χ1v) is 5.58. The number of rotatable bonds is 2. The van der Waals surface area contributed by atoms with Crippen LogP contribution in [0.1, 0.15) is 17.3 Å². The van der Waals surface area contributed by atoms with Gasteiger partial charge in [-0.05, 0) is 19.1 Å². The van der Waals surface area contributed by atoms with Crippen molar-refractivity contribution in [2.75, 3.05) is 24.6 Å². The molecule has 1 fully saturated rings. The van der Waals surface area contributed by atoms with Crippen molar-refractivity contribution in [1.29, 1.82) is 0 Å². The molecule has 0 radical (unpaired) electrons. The summed E-state index contributed by atoms with van der Waals surface area (Å²) in [5, 5.41) is 8.69. The summed E-state index contributed by atoms with van der Waals surface area (Å²) in [6.07, 6.45) is -0.0691. The Morgan fingerprint density at radius 3 is 2.78 bits per heavy atom. The Balaban J connectivity index is 2.34. The number of anilines is 1. The van der Waals surface area contributed by atoms with Crippen LogP contribution in [0, 0.1) is 11.6 Å². The average Bonchev–Trinajstić information content (AvgIpc) is 2.32. The maximum Gasteiger partial charge on any atom is 0.338 e. The highest BCUT2D eigenvalue weighted by molar-refractivity contribution is 5.88. The molecule has 0 saturated carbocycles. The molecule has 6 heteroatoms. The Kier molecular flexibility index (Phi) is 3.47. The fraction of sp³-hybridized carbons (Fsp3) is 0.417. The Morgan fingerprint density at radius 2 is 2.17 bits per heavy atom. The van der Waals surface area contributed by atoms with E-state index in [4.69, 9.17) is 9.84 Å². The van der Waals surface area contributed by atoms with Gasteiger partial charge in [-0.2, -0.15) is 0 Å². The summed E-state index contributed by atoms with van der Waals surface area (Å²) in [6.45, 7) is 3.17. The molecule has 0 aliphatic carbocycles. The third-order valence-electron chi connectivity index (χ3n) is 2.87. The largest absolute Gasteiger partial charge is 0.478 e. The van der Waals surface area contributed by atoms with E-state index < -0.39 is 23.2 Å². The van der Waals surface area contributed by atoms with Crippen LogP contribution in [0.25, 0.3) is 0 Å². The first-order chi connectivity index (χ1) is 8.50. The van der Waals surface area contributed by atoms with E-state index in [-0.39, 0.29) is 11.8 Å². The monoisotopic (exact) mass is 257 g/mol. The van der Waals surface area contributed by atoms with Crippen molar-refractivity contribution < 1.29 is 23.4 Å².